The third-order valence-corrected chi connectivity index (χ3v) is 4.32. The minimum absolute atomic E-state index is 0.294. The Hall–Kier alpha value is -4.07. The molecule has 3 aromatic heterocycles. The predicted molar refractivity (Wildman–Crippen MR) is 105 cm³/mol. The van der Waals surface area contributed by atoms with E-state index in [-0.39, 0.29) is 5.91 Å². The van der Waals surface area contributed by atoms with Crippen LogP contribution in [0.4, 0.5) is 5.69 Å². The Balaban J connectivity index is 1.40. The van der Waals surface area contributed by atoms with E-state index in [0.717, 1.165) is 10.8 Å². The van der Waals surface area contributed by atoms with Crippen LogP contribution in [0.5, 0.6) is 0 Å². The molecule has 0 aliphatic rings. The highest BCUT2D eigenvalue weighted by Crippen LogP contribution is 2.20. The molecule has 0 saturated carbocycles. The van der Waals surface area contributed by atoms with Crippen molar-refractivity contribution >= 4 is 45.2 Å². The van der Waals surface area contributed by atoms with Gasteiger partial charge in [0.25, 0.3) is 0 Å². The average Bonchev–Trinajstić information content (AvgIpc) is 3.28. The summed E-state index contributed by atoms with van der Waals surface area (Å²) in [5.74, 6) is 0.757. The van der Waals surface area contributed by atoms with Gasteiger partial charge in [-0.1, -0.05) is 24.3 Å². The Morgan fingerprint density at radius 3 is 3.00 bits per heavy atom. The average molecular weight is 370 g/mol. The molecule has 1 amide bonds. The van der Waals surface area contributed by atoms with E-state index in [1.54, 1.807) is 41.9 Å². The second-order valence-electron chi connectivity index (χ2n) is 6.26. The lowest BCUT2D eigenvalue weighted by atomic mass is 10.2. The van der Waals surface area contributed by atoms with Crippen LogP contribution in [0.2, 0.25) is 0 Å². The first kappa shape index (κ1) is 16.1. The lowest BCUT2D eigenvalue weighted by molar-refractivity contribution is -0.111. The molecule has 0 aliphatic heterocycles. The van der Waals surface area contributed by atoms with E-state index in [4.69, 9.17) is 4.42 Å². The maximum atomic E-state index is 12.3. The Morgan fingerprint density at radius 1 is 1.18 bits per heavy atom. The predicted octanol–water partition coefficient (Wildman–Crippen LogP) is 3.38. The lowest BCUT2D eigenvalue weighted by Gasteiger charge is -2.01. The van der Waals surface area contributed by atoms with E-state index in [9.17, 15) is 4.79 Å². The molecule has 8 nitrogen and oxygen atoms in total. The van der Waals surface area contributed by atoms with E-state index in [1.165, 1.54) is 6.08 Å². The number of oxazole rings is 1. The van der Waals surface area contributed by atoms with Gasteiger partial charge in [-0.3, -0.25) is 4.79 Å². The van der Waals surface area contributed by atoms with E-state index in [1.807, 2.05) is 24.3 Å². The number of aryl methyl sites for hydroxylation is 1. The molecule has 0 radical (unpaired) electrons. The van der Waals surface area contributed by atoms with Crippen LogP contribution in [0.25, 0.3) is 33.6 Å². The number of amides is 1. The third kappa shape index (κ3) is 2.77. The first-order valence-electron chi connectivity index (χ1n) is 8.63. The molecule has 1 N–H and O–H groups in total. The number of aromatic nitrogens is 5. The largest absolute Gasteiger partial charge is 0.441 e. The summed E-state index contributed by atoms with van der Waals surface area (Å²) in [6.07, 6.45) is 4.72. The van der Waals surface area contributed by atoms with E-state index in [2.05, 4.69) is 25.6 Å². The number of fused-ring (bicyclic) bond motifs is 4. The van der Waals surface area contributed by atoms with Gasteiger partial charge in [-0.05, 0) is 24.3 Å². The number of hydrogen-bond donors (Lipinski definition) is 1. The van der Waals surface area contributed by atoms with Crippen molar-refractivity contribution in [3.8, 4) is 0 Å². The SMILES string of the molecule is Cc1nc2cc(NC(=O)/C=C/c3nnc4c5ccccc5cnn34)ccc2o1. The number of hydrogen-bond acceptors (Lipinski definition) is 6. The summed E-state index contributed by atoms with van der Waals surface area (Å²) in [6.45, 7) is 1.78. The number of benzene rings is 2. The molecule has 0 spiro atoms. The van der Waals surface area contributed by atoms with Crippen LogP contribution < -0.4 is 5.32 Å². The van der Waals surface area contributed by atoms with Crippen LogP contribution >= 0.6 is 0 Å². The molecule has 0 saturated heterocycles. The second-order valence-corrected chi connectivity index (χ2v) is 6.26. The molecule has 5 rings (SSSR count). The van der Waals surface area contributed by atoms with Gasteiger partial charge in [0.05, 0.1) is 6.20 Å². The second kappa shape index (κ2) is 6.27. The van der Waals surface area contributed by atoms with Gasteiger partial charge in [-0.15, -0.1) is 10.2 Å². The van der Waals surface area contributed by atoms with E-state index < -0.39 is 0 Å². The van der Waals surface area contributed by atoms with Gasteiger partial charge < -0.3 is 9.73 Å². The maximum Gasteiger partial charge on any atom is 0.248 e. The van der Waals surface area contributed by atoms with Crippen molar-refractivity contribution in [2.45, 2.75) is 6.92 Å². The summed E-state index contributed by atoms with van der Waals surface area (Å²) < 4.78 is 7.04. The highest BCUT2D eigenvalue weighted by molar-refractivity contribution is 6.02. The molecule has 0 aliphatic carbocycles. The lowest BCUT2D eigenvalue weighted by Crippen LogP contribution is -2.07. The summed E-state index contributed by atoms with van der Waals surface area (Å²) in [7, 11) is 0. The quantitative estimate of drug-likeness (QED) is 0.489. The monoisotopic (exact) mass is 370 g/mol. The van der Waals surface area contributed by atoms with E-state index in [0.29, 0.717) is 34.1 Å². The molecular weight excluding hydrogens is 356 g/mol. The summed E-state index contributed by atoms with van der Waals surface area (Å²) in [5, 5.41) is 17.4. The van der Waals surface area contributed by atoms with Gasteiger partial charge in [0.2, 0.25) is 5.91 Å². The van der Waals surface area contributed by atoms with Crippen LogP contribution in [0, 0.1) is 6.92 Å². The number of anilines is 1. The van der Waals surface area contributed by atoms with Crippen LogP contribution in [-0.4, -0.2) is 30.7 Å². The van der Waals surface area contributed by atoms with Crippen molar-refractivity contribution in [3.63, 3.8) is 0 Å². The zero-order valence-corrected chi connectivity index (χ0v) is 14.8. The van der Waals surface area contributed by atoms with Gasteiger partial charge in [0.1, 0.15) is 5.52 Å². The molecule has 0 atom stereocenters. The summed E-state index contributed by atoms with van der Waals surface area (Å²) >= 11 is 0. The first-order chi connectivity index (χ1) is 13.7. The summed E-state index contributed by atoms with van der Waals surface area (Å²) in [4.78, 5) is 16.5. The Labute approximate surface area is 158 Å². The fourth-order valence-corrected chi connectivity index (χ4v) is 3.07. The van der Waals surface area contributed by atoms with Crippen LogP contribution in [0.15, 0.2) is 59.2 Å². The van der Waals surface area contributed by atoms with Gasteiger partial charge in [-0.2, -0.15) is 9.61 Å². The van der Waals surface area contributed by atoms with Gasteiger partial charge >= 0.3 is 0 Å². The fourth-order valence-electron chi connectivity index (χ4n) is 3.07. The zero-order valence-electron chi connectivity index (χ0n) is 14.8. The Morgan fingerprint density at radius 2 is 2.07 bits per heavy atom. The maximum absolute atomic E-state index is 12.3. The van der Waals surface area contributed by atoms with Crippen LogP contribution in [-0.2, 0) is 4.79 Å². The number of carbonyl (C=O) groups excluding carboxylic acids is 1. The molecule has 28 heavy (non-hydrogen) atoms. The molecule has 136 valence electrons. The van der Waals surface area contributed by atoms with Crippen LogP contribution in [0.3, 0.4) is 0 Å². The van der Waals surface area contributed by atoms with Gasteiger partial charge in [-0.25, -0.2) is 4.98 Å². The summed E-state index contributed by atoms with van der Waals surface area (Å²) in [5.41, 5.74) is 2.65. The molecule has 8 heteroatoms. The number of nitrogens with zero attached hydrogens (tertiary/aromatic N) is 5. The number of nitrogens with one attached hydrogen (secondary N) is 1. The molecule has 0 fully saturated rings. The van der Waals surface area contributed by atoms with Crippen molar-refractivity contribution in [1.29, 1.82) is 0 Å². The van der Waals surface area contributed by atoms with E-state index >= 15 is 0 Å². The molecule has 2 aromatic carbocycles. The fraction of sp³-hybridized carbons (Fsp3) is 0.0500. The van der Waals surface area contributed by atoms with Crippen molar-refractivity contribution in [2.75, 3.05) is 5.32 Å². The first-order valence-corrected chi connectivity index (χ1v) is 8.63. The highest BCUT2D eigenvalue weighted by Gasteiger charge is 2.09. The Bertz CT molecular complexity index is 1380. The minimum atomic E-state index is -0.294. The normalized spacial score (nSPS) is 11.8. The van der Waals surface area contributed by atoms with Crippen molar-refractivity contribution < 1.29 is 9.21 Å². The van der Waals surface area contributed by atoms with Crippen molar-refractivity contribution in [3.05, 3.63) is 66.5 Å². The molecule has 0 unspecified atom stereocenters. The van der Waals surface area contributed by atoms with Crippen molar-refractivity contribution in [1.82, 2.24) is 24.8 Å². The third-order valence-electron chi connectivity index (χ3n) is 4.32. The molecule has 3 heterocycles. The Kier molecular flexibility index (Phi) is 3.61. The zero-order chi connectivity index (χ0) is 19.1. The highest BCUT2D eigenvalue weighted by atomic mass is 16.3. The molecular formula is C20H14N6O2. The molecule has 0 bridgehead atoms. The molecule has 5 aromatic rings. The van der Waals surface area contributed by atoms with Gasteiger partial charge in [0.15, 0.2) is 22.9 Å². The van der Waals surface area contributed by atoms with Gasteiger partial charge in [0, 0.05) is 29.5 Å². The standard InChI is InChI=1S/C20H14N6O2/c1-12-22-16-10-14(6-7-17(16)28-12)23-19(27)9-8-18-24-25-20-15-5-3-2-4-13(15)11-21-26(18)20/h2-11H,1H3,(H,23,27)/b9-8+. The topological polar surface area (TPSA) is 98.2 Å². The minimum Gasteiger partial charge on any atom is -0.441 e. The van der Waals surface area contributed by atoms with Crippen molar-refractivity contribution in [2.24, 2.45) is 0 Å². The number of carbonyl (C=O) groups is 1. The smallest absolute Gasteiger partial charge is 0.248 e. The number of rotatable bonds is 3. The van der Waals surface area contributed by atoms with Crippen LogP contribution in [0.1, 0.15) is 11.7 Å². The summed E-state index contributed by atoms with van der Waals surface area (Å²) in [6, 6.07) is 13.1.